The molecule has 3 rings (SSSR count). The van der Waals surface area contributed by atoms with E-state index < -0.39 is 0 Å². The van der Waals surface area contributed by atoms with E-state index in [1.807, 2.05) is 6.92 Å². The van der Waals surface area contributed by atoms with E-state index in [1.165, 1.54) is 12.8 Å². The third kappa shape index (κ3) is 5.73. The summed E-state index contributed by atoms with van der Waals surface area (Å²) in [6.07, 6.45) is 2.45. The van der Waals surface area contributed by atoms with Crippen LogP contribution in [0.4, 0.5) is 5.69 Å². The average molecular weight is 411 g/mol. The molecule has 0 spiro atoms. The molecule has 156 valence electrons. The molecule has 0 unspecified atom stereocenters. The summed E-state index contributed by atoms with van der Waals surface area (Å²) in [6.45, 7) is 8.58. The molecule has 0 bridgehead atoms. The second kappa shape index (κ2) is 10.3. The van der Waals surface area contributed by atoms with E-state index in [-0.39, 0.29) is 12.0 Å². The number of carbonyl (C=O) groups is 1. The number of morpholine rings is 1. The minimum absolute atomic E-state index is 0.0146. The van der Waals surface area contributed by atoms with E-state index >= 15 is 0 Å². The fourth-order valence-corrected chi connectivity index (χ4v) is 3.99. The zero-order valence-electron chi connectivity index (χ0n) is 16.5. The van der Waals surface area contributed by atoms with Crippen LogP contribution in [0.5, 0.6) is 5.75 Å². The number of nitrogens with two attached hydrogens (primary N) is 1. The van der Waals surface area contributed by atoms with Gasteiger partial charge in [-0.05, 0) is 44.8 Å². The maximum atomic E-state index is 12.7. The van der Waals surface area contributed by atoms with Gasteiger partial charge in [0, 0.05) is 32.2 Å². The first-order valence-electron chi connectivity index (χ1n) is 10.1. The molecule has 1 aromatic carbocycles. The number of rotatable bonds is 7. The molecule has 0 aromatic heterocycles. The van der Waals surface area contributed by atoms with Crippen molar-refractivity contribution in [3.8, 4) is 5.75 Å². The van der Waals surface area contributed by atoms with Gasteiger partial charge < -0.3 is 25.8 Å². The molecule has 2 fully saturated rings. The van der Waals surface area contributed by atoms with Gasteiger partial charge in [-0.15, -0.1) is 0 Å². The van der Waals surface area contributed by atoms with Crippen LogP contribution in [-0.4, -0.2) is 69.4 Å². The van der Waals surface area contributed by atoms with E-state index in [4.69, 9.17) is 26.8 Å². The Morgan fingerprint density at radius 2 is 2.21 bits per heavy atom. The van der Waals surface area contributed by atoms with Crippen LogP contribution in [0.25, 0.3) is 0 Å². The maximum Gasteiger partial charge on any atom is 0.255 e. The zero-order valence-corrected chi connectivity index (χ0v) is 17.3. The monoisotopic (exact) mass is 410 g/mol. The SMILES string of the molecule is CCOc1cc(N)c(Cl)cc1C(=O)NC[C@H]1CN(CC2CCNCC2)CCO1. The Morgan fingerprint density at radius 1 is 1.43 bits per heavy atom. The molecule has 1 aromatic rings. The smallest absolute Gasteiger partial charge is 0.255 e. The van der Waals surface area contributed by atoms with Crippen molar-refractivity contribution in [3.63, 3.8) is 0 Å². The molecule has 2 saturated heterocycles. The lowest BCUT2D eigenvalue weighted by molar-refractivity contribution is -0.0320. The van der Waals surface area contributed by atoms with Crippen molar-refractivity contribution in [3.05, 3.63) is 22.7 Å². The molecule has 1 atom stereocenters. The van der Waals surface area contributed by atoms with Crippen LogP contribution in [0.3, 0.4) is 0 Å². The van der Waals surface area contributed by atoms with Gasteiger partial charge in [0.05, 0.1) is 35.6 Å². The third-order valence-electron chi connectivity index (χ3n) is 5.33. The number of hydrogen-bond acceptors (Lipinski definition) is 6. The summed E-state index contributed by atoms with van der Waals surface area (Å²) in [5.41, 5.74) is 6.62. The highest BCUT2D eigenvalue weighted by Gasteiger charge is 2.25. The Bertz CT molecular complexity index is 667. The van der Waals surface area contributed by atoms with E-state index in [9.17, 15) is 4.79 Å². The van der Waals surface area contributed by atoms with Gasteiger partial charge in [0.1, 0.15) is 5.75 Å². The minimum Gasteiger partial charge on any atom is -0.493 e. The highest BCUT2D eigenvalue weighted by molar-refractivity contribution is 6.33. The largest absolute Gasteiger partial charge is 0.493 e. The number of nitrogens with zero attached hydrogens (tertiary/aromatic N) is 1. The van der Waals surface area contributed by atoms with Crippen LogP contribution in [-0.2, 0) is 4.74 Å². The summed E-state index contributed by atoms with van der Waals surface area (Å²) >= 11 is 6.09. The molecule has 0 radical (unpaired) electrons. The van der Waals surface area contributed by atoms with Crippen molar-refractivity contribution in [2.75, 3.05) is 58.2 Å². The van der Waals surface area contributed by atoms with Crippen molar-refractivity contribution in [1.82, 2.24) is 15.5 Å². The summed E-state index contributed by atoms with van der Waals surface area (Å²) in [4.78, 5) is 15.1. The normalized spacial score (nSPS) is 21.4. The molecular weight excluding hydrogens is 380 g/mol. The Balaban J connectivity index is 1.53. The standard InChI is InChI=1S/C20H31ClN4O3/c1-2-27-19-10-18(22)17(21)9-16(19)20(26)24-11-15-13-25(7-8-28-15)12-14-3-5-23-6-4-14/h9-10,14-15,23H,2-8,11-13,22H2,1H3,(H,24,26)/t15-/m0/s1. The molecular formula is C20H31ClN4O3. The second-order valence-electron chi connectivity index (χ2n) is 7.46. The van der Waals surface area contributed by atoms with Gasteiger partial charge in [0.25, 0.3) is 5.91 Å². The average Bonchev–Trinajstić information content (AvgIpc) is 2.70. The van der Waals surface area contributed by atoms with Crippen LogP contribution >= 0.6 is 11.6 Å². The molecule has 28 heavy (non-hydrogen) atoms. The van der Waals surface area contributed by atoms with Crippen LogP contribution in [0.15, 0.2) is 12.1 Å². The van der Waals surface area contributed by atoms with Crippen molar-refractivity contribution in [1.29, 1.82) is 0 Å². The van der Waals surface area contributed by atoms with Crippen molar-refractivity contribution in [2.45, 2.75) is 25.9 Å². The number of anilines is 1. The highest BCUT2D eigenvalue weighted by Crippen LogP contribution is 2.29. The van der Waals surface area contributed by atoms with Gasteiger partial charge in [-0.2, -0.15) is 0 Å². The molecule has 0 aliphatic carbocycles. The lowest BCUT2D eigenvalue weighted by Gasteiger charge is -2.36. The molecule has 1 amide bonds. The predicted molar refractivity (Wildman–Crippen MR) is 111 cm³/mol. The predicted octanol–water partition coefficient (Wildman–Crippen LogP) is 1.75. The maximum absolute atomic E-state index is 12.7. The second-order valence-corrected chi connectivity index (χ2v) is 7.87. The highest BCUT2D eigenvalue weighted by atomic mass is 35.5. The molecule has 2 aliphatic rings. The fraction of sp³-hybridized carbons (Fsp3) is 0.650. The van der Waals surface area contributed by atoms with E-state index in [1.54, 1.807) is 12.1 Å². The summed E-state index contributed by atoms with van der Waals surface area (Å²) in [6, 6.07) is 3.15. The first kappa shape index (κ1) is 21.2. The Hall–Kier alpha value is -1.54. The number of benzene rings is 1. The third-order valence-corrected chi connectivity index (χ3v) is 5.66. The molecule has 7 nitrogen and oxygen atoms in total. The number of nitrogen functional groups attached to an aromatic ring is 1. The van der Waals surface area contributed by atoms with Crippen LogP contribution in [0.2, 0.25) is 5.02 Å². The number of carbonyl (C=O) groups excluding carboxylic acids is 1. The van der Waals surface area contributed by atoms with Crippen LogP contribution in [0.1, 0.15) is 30.1 Å². The molecule has 4 N–H and O–H groups in total. The number of halogens is 1. The van der Waals surface area contributed by atoms with Gasteiger partial charge in [0.15, 0.2) is 0 Å². The molecule has 2 aliphatic heterocycles. The summed E-state index contributed by atoms with van der Waals surface area (Å²) < 4.78 is 11.4. The van der Waals surface area contributed by atoms with E-state index in [0.717, 1.165) is 38.6 Å². The first-order chi connectivity index (χ1) is 13.6. The summed E-state index contributed by atoms with van der Waals surface area (Å²) in [5, 5.41) is 6.71. The van der Waals surface area contributed by atoms with E-state index in [0.29, 0.717) is 41.8 Å². The van der Waals surface area contributed by atoms with Crippen molar-refractivity contribution >= 4 is 23.2 Å². The molecule has 2 heterocycles. The van der Waals surface area contributed by atoms with E-state index in [2.05, 4.69) is 15.5 Å². The molecule has 8 heteroatoms. The first-order valence-corrected chi connectivity index (χ1v) is 10.5. The Morgan fingerprint density at radius 3 is 2.96 bits per heavy atom. The topological polar surface area (TPSA) is 88.8 Å². The fourth-order valence-electron chi connectivity index (χ4n) is 3.82. The van der Waals surface area contributed by atoms with Crippen LogP contribution < -0.4 is 21.1 Å². The minimum atomic E-state index is -0.232. The lowest BCUT2D eigenvalue weighted by Crippen LogP contribution is -2.49. The van der Waals surface area contributed by atoms with Gasteiger partial charge in [-0.25, -0.2) is 0 Å². The number of amides is 1. The lowest BCUT2D eigenvalue weighted by atomic mass is 9.97. The van der Waals surface area contributed by atoms with Crippen molar-refractivity contribution < 1.29 is 14.3 Å². The summed E-state index contributed by atoms with van der Waals surface area (Å²) in [5.74, 6) is 0.962. The Kier molecular flexibility index (Phi) is 7.79. The van der Waals surface area contributed by atoms with Crippen LogP contribution in [0, 0.1) is 5.92 Å². The number of piperidine rings is 1. The Labute approximate surface area is 171 Å². The number of nitrogens with one attached hydrogen (secondary N) is 2. The summed E-state index contributed by atoms with van der Waals surface area (Å²) in [7, 11) is 0. The van der Waals surface area contributed by atoms with Gasteiger partial charge in [-0.1, -0.05) is 11.6 Å². The number of hydrogen-bond donors (Lipinski definition) is 3. The van der Waals surface area contributed by atoms with Gasteiger partial charge in [-0.3, -0.25) is 9.69 Å². The quantitative estimate of drug-likeness (QED) is 0.593. The van der Waals surface area contributed by atoms with Gasteiger partial charge >= 0.3 is 0 Å². The molecule has 0 saturated carbocycles. The number of ether oxygens (including phenoxy) is 2. The van der Waals surface area contributed by atoms with Gasteiger partial charge in [0.2, 0.25) is 0 Å². The zero-order chi connectivity index (χ0) is 19.9. The van der Waals surface area contributed by atoms with Crippen molar-refractivity contribution in [2.24, 2.45) is 5.92 Å².